The summed E-state index contributed by atoms with van der Waals surface area (Å²) >= 11 is 12.1. The zero-order valence-corrected chi connectivity index (χ0v) is 14.1. The van der Waals surface area contributed by atoms with E-state index in [9.17, 15) is 13.2 Å². The third-order valence-electron chi connectivity index (χ3n) is 2.72. The summed E-state index contributed by atoms with van der Waals surface area (Å²) in [6.07, 6.45) is 0.195. The monoisotopic (exact) mass is 367 g/mol. The number of hydrogen-bond donors (Lipinski definition) is 3. The highest BCUT2D eigenvalue weighted by molar-refractivity contribution is 7.91. The van der Waals surface area contributed by atoms with Crippen LogP contribution in [0.3, 0.4) is 0 Å². The van der Waals surface area contributed by atoms with Crippen LogP contribution in [-0.4, -0.2) is 40.4 Å². The largest absolute Gasteiger partial charge is 0.453 e. The first-order valence-corrected chi connectivity index (χ1v) is 8.68. The number of hydrogen-bond acceptors (Lipinski definition) is 5. The summed E-state index contributed by atoms with van der Waals surface area (Å²) in [6.45, 7) is -0.189. The van der Waals surface area contributed by atoms with Gasteiger partial charge in [-0.15, -0.1) is 0 Å². The fourth-order valence-electron chi connectivity index (χ4n) is 1.68. The summed E-state index contributed by atoms with van der Waals surface area (Å²) in [5.41, 5.74) is 0.242. The minimum absolute atomic E-state index is 0.189. The van der Waals surface area contributed by atoms with Gasteiger partial charge in [0.1, 0.15) is 5.25 Å². The Labute approximate surface area is 138 Å². The van der Waals surface area contributed by atoms with Crippen LogP contribution in [0.1, 0.15) is 10.8 Å². The number of amides is 1. The van der Waals surface area contributed by atoms with Crippen molar-refractivity contribution < 1.29 is 17.9 Å². The highest BCUT2D eigenvalue weighted by Gasteiger charge is 2.27. The summed E-state index contributed by atoms with van der Waals surface area (Å²) in [4.78, 5) is 11.0. The lowest BCUT2D eigenvalue weighted by molar-refractivity contribution is 0.176. The molecule has 0 fully saturated rings. The molecule has 10 heteroatoms. The second-order valence-electron chi connectivity index (χ2n) is 4.33. The maximum Gasteiger partial charge on any atom is 0.413 e. The predicted octanol–water partition coefficient (Wildman–Crippen LogP) is 1.96. The van der Waals surface area contributed by atoms with E-state index >= 15 is 0 Å². The number of carbonyl (C=O) groups is 1. The van der Waals surface area contributed by atoms with Gasteiger partial charge in [-0.2, -0.15) is 0 Å². The van der Waals surface area contributed by atoms with E-state index in [0.717, 1.165) is 13.4 Å². The molecule has 0 saturated heterocycles. The first-order valence-electron chi connectivity index (χ1n) is 5.97. The summed E-state index contributed by atoms with van der Waals surface area (Å²) in [5, 5.41) is 11.4. The van der Waals surface area contributed by atoms with E-state index < -0.39 is 27.1 Å². The van der Waals surface area contributed by atoms with E-state index in [1.165, 1.54) is 12.1 Å². The number of benzene rings is 1. The Morgan fingerprint density at radius 2 is 1.91 bits per heavy atom. The molecule has 0 aliphatic carbocycles. The molecular formula is C12H15Cl2N3O4S. The summed E-state index contributed by atoms with van der Waals surface area (Å²) in [5.74, 6) is -0.399. The maximum absolute atomic E-state index is 12.0. The number of alkyl carbamates (subject to hydrolysis) is 1. The van der Waals surface area contributed by atoms with Crippen LogP contribution < -0.4 is 10.6 Å². The van der Waals surface area contributed by atoms with Gasteiger partial charge in [0.05, 0.1) is 7.11 Å². The first kappa shape index (κ1) is 18.5. The molecule has 0 aliphatic heterocycles. The number of sulfone groups is 1. The fraction of sp³-hybridized carbons (Fsp3) is 0.333. The molecule has 3 N–H and O–H groups in total. The lowest BCUT2D eigenvalue weighted by atomic mass is 10.1. The van der Waals surface area contributed by atoms with Crippen molar-refractivity contribution in [2.45, 2.75) is 5.25 Å². The second kappa shape index (κ2) is 7.66. The summed E-state index contributed by atoms with van der Waals surface area (Å²) in [6, 6.07) is 4.65. The van der Waals surface area contributed by atoms with Crippen LogP contribution in [0.5, 0.6) is 0 Å². The number of nitrogens with one attached hydrogen (secondary N) is 3. The van der Waals surface area contributed by atoms with Gasteiger partial charge in [-0.3, -0.25) is 10.7 Å². The standard InChI is InChI=1S/C12H15Cl2N3O4S/c1-21-12(18)17-11(15)16-6-9(22(2,19)20)10-7(13)4-3-5-8(10)14/h3-5,9H,6H2,1-2H3,(H3,15,16,17,18). The van der Waals surface area contributed by atoms with Crippen molar-refractivity contribution in [1.29, 1.82) is 5.41 Å². The van der Waals surface area contributed by atoms with Gasteiger partial charge < -0.3 is 10.1 Å². The van der Waals surface area contributed by atoms with Crippen LogP contribution in [0.15, 0.2) is 18.2 Å². The number of guanidine groups is 1. The Hall–Kier alpha value is -1.51. The number of ether oxygens (including phenoxy) is 1. The average Bonchev–Trinajstić information content (AvgIpc) is 2.40. The van der Waals surface area contributed by atoms with Gasteiger partial charge in [0.25, 0.3) is 0 Å². The number of halogens is 2. The van der Waals surface area contributed by atoms with Gasteiger partial charge in [0, 0.05) is 28.4 Å². The predicted molar refractivity (Wildman–Crippen MR) is 85.3 cm³/mol. The molecule has 1 atom stereocenters. The third kappa shape index (κ3) is 5.04. The lowest BCUT2D eigenvalue weighted by Gasteiger charge is -2.19. The molecule has 1 unspecified atom stereocenters. The highest BCUT2D eigenvalue weighted by Crippen LogP contribution is 2.34. The van der Waals surface area contributed by atoms with Crippen molar-refractivity contribution >= 4 is 45.1 Å². The van der Waals surface area contributed by atoms with Gasteiger partial charge in [-0.05, 0) is 12.1 Å². The average molecular weight is 368 g/mol. The Bertz CT molecular complexity index is 659. The van der Waals surface area contributed by atoms with E-state index in [1.807, 2.05) is 0 Å². The molecule has 0 spiro atoms. The molecule has 22 heavy (non-hydrogen) atoms. The zero-order valence-electron chi connectivity index (χ0n) is 11.8. The Balaban J connectivity index is 2.98. The van der Waals surface area contributed by atoms with Crippen LogP contribution >= 0.6 is 23.2 Å². The minimum Gasteiger partial charge on any atom is -0.453 e. The van der Waals surface area contributed by atoms with Crippen LogP contribution in [0, 0.1) is 5.41 Å². The summed E-state index contributed by atoms with van der Waals surface area (Å²) in [7, 11) is -2.42. The smallest absolute Gasteiger partial charge is 0.413 e. The van der Waals surface area contributed by atoms with Crippen molar-refractivity contribution in [2.24, 2.45) is 0 Å². The molecule has 0 bridgehead atoms. The molecular weight excluding hydrogens is 353 g/mol. The molecule has 122 valence electrons. The molecule has 1 aromatic carbocycles. The SMILES string of the molecule is COC(=O)NC(=N)NCC(c1c(Cl)cccc1Cl)S(C)(=O)=O. The van der Waals surface area contributed by atoms with Crippen molar-refractivity contribution in [3.63, 3.8) is 0 Å². The van der Waals surface area contributed by atoms with E-state index in [2.05, 4.69) is 15.4 Å². The van der Waals surface area contributed by atoms with Crippen molar-refractivity contribution in [3.8, 4) is 0 Å². The van der Waals surface area contributed by atoms with Crippen LogP contribution in [0.25, 0.3) is 0 Å². The molecule has 7 nitrogen and oxygen atoms in total. The van der Waals surface area contributed by atoms with Crippen LogP contribution in [0.2, 0.25) is 10.0 Å². The van der Waals surface area contributed by atoms with Gasteiger partial charge >= 0.3 is 6.09 Å². The van der Waals surface area contributed by atoms with Crippen molar-refractivity contribution in [3.05, 3.63) is 33.8 Å². The Morgan fingerprint density at radius 3 is 2.36 bits per heavy atom. The van der Waals surface area contributed by atoms with E-state index in [1.54, 1.807) is 6.07 Å². The number of methoxy groups -OCH3 is 1. The first-order chi connectivity index (χ1) is 10.2. The van der Waals surface area contributed by atoms with E-state index in [4.69, 9.17) is 28.6 Å². The molecule has 1 amide bonds. The van der Waals surface area contributed by atoms with E-state index in [0.29, 0.717) is 0 Å². The third-order valence-corrected chi connectivity index (χ3v) is 4.81. The number of carbonyl (C=O) groups excluding carboxylic acids is 1. The maximum atomic E-state index is 12.0. The van der Waals surface area contributed by atoms with Gasteiger partial charge in [-0.25, -0.2) is 13.2 Å². The highest BCUT2D eigenvalue weighted by atomic mass is 35.5. The van der Waals surface area contributed by atoms with Gasteiger partial charge in [0.15, 0.2) is 15.8 Å². The minimum atomic E-state index is -3.56. The van der Waals surface area contributed by atoms with Crippen LogP contribution in [0.4, 0.5) is 4.79 Å². The fourth-order valence-corrected chi connectivity index (χ4v) is 3.54. The van der Waals surface area contributed by atoms with E-state index in [-0.39, 0.29) is 22.2 Å². The van der Waals surface area contributed by atoms with Crippen LogP contribution in [-0.2, 0) is 14.6 Å². The molecule has 0 aliphatic rings. The number of rotatable bonds is 4. The normalized spacial score (nSPS) is 12.4. The Morgan fingerprint density at radius 1 is 1.36 bits per heavy atom. The Kier molecular flexibility index (Phi) is 6.46. The molecule has 0 aromatic heterocycles. The lowest BCUT2D eigenvalue weighted by Crippen LogP contribution is -2.42. The topological polar surface area (TPSA) is 108 Å². The quantitative estimate of drug-likeness (QED) is 0.556. The molecule has 0 radical (unpaired) electrons. The van der Waals surface area contributed by atoms with Crippen molar-refractivity contribution in [2.75, 3.05) is 19.9 Å². The molecule has 1 aromatic rings. The molecule has 0 saturated carbocycles. The van der Waals surface area contributed by atoms with Gasteiger partial charge in [0.2, 0.25) is 0 Å². The zero-order chi connectivity index (χ0) is 16.9. The molecule has 1 rings (SSSR count). The van der Waals surface area contributed by atoms with Crippen molar-refractivity contribution in [1.82, 2.24) is 10.6 Å². The summed E-state index contributed by atoms with van der Waals surface area (Å²) < 4.78 is 28.3. The van der Waals surface area contributed by atoms with Gasteiger partial charge in [-0.1, -0.05) is 29.3 Å². The second-order valence-corrected chi connectivity index (χ2v) is 7.37. The molecule has 0 heterocycles.